The predicted molar refractivity (Wildman–Crippen MR) is 115 cm³/mol. The van der Waals surface area contributed by atoms with Gasteiger partial charge in [0.25, 0.3) is 0 Å². The fraction of sp³-hybridized carbons (Fsp3) is 0.708. The summed E-state index contributed by atoms with van der Waals surface area (Å²) in [6.45, 7) is 2.47. The van der Waals surface area contributed by atoms with E-state index in [-0.39, 0.29) is 19.1 Å². The molecule has 27 heavy (non-hydrogen) atoms. The largest absolute Gasteiger partial charge is 0.273 e. The molecule has 0 fully saturated rings. The first kappa shape index (κ1) is 25.3. The lowest BCUT2D eigenvalue weighted by molar-refractivity contribution is -0.177. The Labute approximate surface area is 167 Å². The lowest BCUT2D eigenvalue weighted by Gasteiger charge is -2.18. The molecule has 0 saturated heterocycles. The normalized spacial score (nSPS) is 10.6. The van der Waals surface area contributed by atoms with Crippen LogP contribution in [0.1, 0.15) is 96.8 Å². The molecule has 1 amide bonds. The Kier molecular flexibility index (Phi) is 19.3. The number of hydrogen-bond donors (Lipinski definition) is 0. The van der Waals surface area contributed by atoms with Gasteiger partial charge in [-0.2, -0.15) is 0 Å². The third-order valence-electron chi connectivity index (χ3n) is 4.47. The first-order valence-corrected chi connectivity index (χ1v) is 10.7. The van der Waals surface area contributed by atoms with Crippen molar-refractivity contribution >= 4 is 5.91 Å². The van der Waals surface area contributed by atoms with Crippen molar-refractivity contribution in [2.24, 2.45) is 0 Å². The quantitative estimate of drug-likeness (QED) is 0.127. The smallest absolute Gasteiger partial charge is 0.247 e. The number of terminal acetylenes is 2. The molecule has 3 heteroatoms. The van der Waals surface area contributed by atoms with E-state index in [1.54, 1.807) is 0 Å². The number of carbonyl (C=O) groups is 1. The van der Waals surface area contributed by atoms with E-state index in [1.165, 1.54) is 75.7 Å². The van der Waals surface area contributed by atoms with Crippen LogP contribution in [0.4, 0.5) is 0 Å². The van der Waals surface area contributed by atoms with Gasteiger partial charge in [0.2, 0.25) is 5.91 Å². The van der Waals surface area contributed by atoms with Crippen molar-refractivity contribution in [2.75, 3.05) is 13.2 Å². The van der Waals surface area contributed by atoms with Crippen molar-refractivity contribution in [3.63, 3.8) is 0 Å². The second-order valence-electron chi connectivity index (χ2n) is 6.95. The van der Waals surface area contributed by atoms with Crippen LogP contribution in [0, 0.1) is 24.7 Å². The maximum atomic E-state index is 12.0. The van der Waals surface area contributed by atoms with E-state index in [1.807, 2.05) is 0 Å². The van der Waals surface area contributed by atoms with Gasteiger partial charge >= 0.3 is 0 Å². The topological polar surface area (TPSA) is 29.5 Å². The fourth-order valence-electron chi connectivity index (χ4n) is 2.88. The van der Waals surface area contributed by atoms with Gasteiger partial charge in [0.15, 0.2) is 0 Å². The van der Waals surface area contributed by atoms with Gasteiger partial charge in [-0.05, 0) is 32.1 Å². The van der Waals surface area contributed by atoms with Gasteiger partial charge in [-0.3, -0.25) is 9.63 Å². The summed E-state index contributed by atoms with van der Waals surface area (Å²) in [5, 5.41) is 1.20. The molecule has 3 nitrogen and oxygen atoms in total. The zero-order valence-corrected chi connectivity index (χ0v) is 17.4. The van der Waals surface area contributed by atoms with Crippen LogP contribution in [0.2, 0.25) is 0 Å². The number of allylic oxidation sites excluding steroid dienone is 2. The molecule has 0 spiro atoms. The van der Waals surface area contributed by atoms with Crippen LogP contribution in [-0.4, -0.2) is 24.1 Å². The number of amides is 1. The minimum absolute atomic E-state index is 0.0692. The third-order valence-corrected chi connectivity index (χ3v) is 4.47. The molecule has 0 aromatic heterocycles. The molecule has 0 N–H and O–H groups in total. The number of hydroxylamine groups is 2. The molecule has 0 saturated carbocycles. The molecule has 0 aromatic carbocycles. The Morgan fingerprint density at radius 1 is 0.852 bits per heavy atom. The fourth-order valence-corrected chi connectivity index (χ4v) is 2.88. The number of carbonyl (C=O) groups excluding carboxylic acids is 1. The van der Waals surface area contributed by atoms with Gasteiger partial charge in [-0.15, -0.1) is 12.8 Å². The lowest BCUT2D eigenvalue weighted by Crippen LogP contribution is -2.31. The molecule has 0 bridgehead atoms. The number of rotatable bonds is 18. The van der Waals surface area contributed by atoms with Crippen molar-refractivity contribution in [2.45, 2.75) is 96.8 Å². The van der Waals surface area contributed by atoms with E-state index in [9.17, 15) is 4.79 Å². The summed E-state index contributed by atoms with van der Waals surface area (Å²) in [6.07, 6.45) is 31.6. The predicted octanol–water partition coefficient (Wildman–Crippen LogP) is 6.05. The molecule has 0 aliphatic heterocycles. The van der Waals surface area contributed by atoms with Gasteiger partial charge < -0.3 is 0 Å². The van der Waals surface area contributed by atoms with E-state index < -0.39 is 0 Å². The monoisotopic (exact) mass is 373 g/mol. The zero-order chi connectivity index (χ0) is 20.0. The number of unbranched alkanes of at least 4 members (excludes halogenated alkanes) is 11. The number of nitrogens with zero attached hydrogens (tertiary/aromatic N) is 1. The minimum Gasteiger partial charge on any atom is -0.273 e. The van der Waals surface area contributed by atoms with Gasteiger partial charge in [0.1, 0.15) is 13.2 Å². The first-order chi connectivity index (χ1) is 13.3. The molecular formula is C24H39NO2. The van der Waals surface area contributed by atoms with Gasteiger partial charge in [0, 0.05) is 6.42 Å². The second kappa shape index (κ2) is 20.6. The van der Waals surface area contributed by atoms with Crippen LogP contribution >= 0.6 is 0 Å². The van der Waals surface area contributed by atoms with Crippen molar-refractivity contribution < 1.29 is 9.63 Å². The lowest BCUT2D eigenvalue weighted by atomic mass is 10.1. The van der Waals surface area contributed by atoms with Gasteiger partial charge in [-0.25, -0.2) is 5.06 Å². The van der Waals surface area contributed by atoms with Gasteiger partial charge in [0.05, 0.1) is 0 Å². The Morgan fingerprint density at radius 3 is 1.96 bits per heavy atom. The van der Waals surface area contributed by atoms with Crippen molar-refractivity contribution in [3.05, 3.63) is 12.2 Å². The Bertz CT molecular complexity index is 456. The molecule has 0 aliphatic carbocycles. The zero-order valence-electron chi connectivity index (χ0n) is 17.4. The van der Waals surface area contributed by atoms with Crippen molar-refractivity contribution in [3.8, 4) is 24.7 Å². The van der Waals surface area contributed by atoms with E-state index in [0.717, 1.165) is 12.8 Å². The summed E-state index contributed by atoms with van der Waals surface area (Å²) >= 11 is 0. The van der Waals surface area contributed by atoms with Crippen LogP contribution in [0.15, 0.2) is 12.2 Å². The standard InChI is InChI=1S/C24H39NO2/c1-4-7-8-9-10-11-12-13-14-15-16-17-18-19-20-21-24(26)25(22-5-2)27-23-6-3/h2-3,13-14H,4,7-12,15-23H2,1H3. The average Bonchev–Trinajstić information content (AvgIpc) is 2.68. The van der Waals surface area contributed by atoms with Crippen molar-refractivity contribution in [1.82, 2.24) is 5.06 Å². The molecule has 0 unspecified atom stereocenters. The highest BCUT2D eigenvalue weighted by Crippen LogP contribution is 2.10. The highest BCUT2D eigenvalue weighted by molar-refractivity contribution is 5.75. The second-order valence-corrected chi connectivity index (χ2v) is 6.95. The van der Waals surface area contributed by atoms with Crippen LogP contribution < -0.4 is 0 Å². The molecular weight excluding hydrogens is 334 g/mol. The molecule has 0 radical (unpaired) electrons. The summed E-state index contributed by atoms with van der Waals surface area (Å²) in [7, 11) is 0. The molecule has 0 aliphatic rings. The highest BCUT2D eigenvalue weighted by Gasteiger charge is 2.12. The first-order valence-electron chi connectivity index (χ1n) is 10.7. The Balaban J connectivity index is 3.48. The van der Waals surface area contributed by atoms with Crippen LogP contribution in [0.25, 0.3) is 0 Å². The summed E-state index contributed by atoms with van der Waals surface area (Å²) < 4.78 is 0. The van der Waals surface area contributed by atoms with Gasteiger partial charge in [-0.1, -0.05) is 82.3 Å². The van der Waals surface area contributed by atoms with E-state index in [0.29, 0.717) is 6.42 Å². The van der Waals surface area contributed by atoms with E-state index in [2.05, 4.69) is 30.9 Å². The molecule has 0 rings (SSSR count). The Hall–Kier alpha value is -1.71. The van der Waals surface area contributed by atoms with Crippen molar-refractivity contribution in [1.29, 1.82) is 0 Å². The molecule has 0 aromatic rings. The summed E-state index contributed by atoms with van der Waals surface area (Å²) in [4.78, 5) is 17.2. The summed E-state index contributed by atoms with van der Waals surface area (Å²) in [5.41, 5.74) is 0. The highest BCUT2D eigenvalue weighted by atomic mass is 16.7. The molecule has 0 heterocycles. The molecule has 152 valence electrons. The minimum atomic E-state index is -0.0826. The van der Waals surface area contributed by atoms with Crippen LogP contribution in [-0.2, 0) is 9.63 Å². The maximum Gasteiger partial charge on any atom is 0.247 e. The average molecular weight is 374 g/mol. The van der Waals surface area contributed by atoms with Crippen LogP contribution in [0.5, 0.6) is 0 Å². The van der Waals surface area contributed by atoms with E-state index in [4.69, 9.17) is 17.7 Å². The molecule has 0 atom stereocenters. The maximum absolute atomic E-state index is 12.0. The van der Waals surface area contributed by atoms with Crippen LogP contribution in [0.3, 0.4) is 0 Å². The van der Waals surface area contributed by atoms with E-state index >= 15 is 0 Å². The number of hydrogen-bond acceptors (Lipinski definition) is 2. The summed E-state index contributed by atoms with van der Waals surface area (Å²) in [6, 6.07) is 0. The third kappa shape index (κ3) is 17.5. The SMILES string of the molecule is C#CCON(CC#C)C(=O)CCCCCCCC=CCCCCCCCC. The summed E-state index contributed by atoms with van der Waals surface area (Å²) in [5.74, 6) is 4.68. The Morgan fingerprint density at radius 2 is 1.41 bits per heavy atom.